The van der Waals surface area contributed by atoms with E-state index in [4.69, 9.17) is 4.74 Å². The van der Waals surface area contributed by atoms with E-state index in [0.717, 1.165) is 22.3 Å². The molecule has 0 aromatic heterocycles. The summed E-state index contributed by atoms with van der Waals surface area (Å²) in [5.74, 6) is 0.693. The van der Waals surface area contributed by atoms with Crippen LogP contribution in [0.4, 0.5) is 5.69 Å². The summed E-state index contributed by atoms with van der Waals surface area (Å²) in [6, 6.07) is 5.78. The predicted octanol–water partition coefficient (Wildman–Crippen LogP) is 2.78. The summed E-state index contributed by atoms with van der Waals surface area (Å²) in [5.41, 5.74) is 0.749. The van der Waals surface area contributed by atoms with Crippen molar-refractivity contribution in [2.24, 2.45) is 0 Å². The van der Waals surface area contributed by atoms with Crippen molar-refractivity contribution in [3.63, 3.8) is 0 Å². The van der Waals surface area contributed by atoms with E-state index in [9.17, 15) is 4.79 Å². The van der Waals surface area contributed by atoms with Gasteiger partial charge in [0.05, 0.1) is 18.1 Å². The number of rotatable bonds is 6. The summed E-state index contributed by atoms with van der Waals surface area (Å²) in [6.07, 6.45) is 1.00. The lowest BCUT2D eigenvalue weighted by Gasteiger charge is -2.12. The van der Waals surface area contributed by atoms with Gasteiger partial charge in [0, 0.05) is 11.7 Å². The van der Waals surface area contributed by atoms with Crippen LogP contribution in [-0.2, 0) is 4.79 Å². The average Bonchev–Trinajstić information content (AvgIpc) is 2.36. The Bertz CT molecular complexity index is 410. The lowest BCUT2D eigenvalue weighted by molar-refractivity contribution is -0.115. The number of amides is 1. The summed E-state index contributed by atoms with van der Waals surface area (Å²) in [7, 11) is 1.61. The normalized spacial score (nSPS) is 12.0. The summed E-state index contributed by atoms with van der Waals surface area (Å²) in [4.78, 5) is 11.7. The molecule has 0 aliphatic rings. The Kier molecular flexibility index (Phi) is 6.15. The number of hydrogen-bond donors (Lipinski definition) is 2. The number of carbonyl (C=O) groups is 1. The highest BCUT2D eigenvalue weighted by molar-refractivity contribution is 9.10. The number of carbonyl (C=O) groups excluding carboxylic acids is 1. The van der Waals surface area contributed by atoms with E-state index in [1.54, 1.807) is 7.11 Å². The maximum atomic E-state index is 11.7. The van der Waals surface area contributed by atoms with Gasteiger partial charge >= 0.3 is 0 Å². The number of methoxy groups -OCH3 is 1. The van der Waals surface area contributed by atoms with Crippen LogP contribution < -0.4 is 15.4 Å². The third-order valence-electron chi connectivity index (χ3n) is 2.66. The zero-order chi connectivity index (χ0) is 13.5. The van der Waals surface area contributed by atoms with Crippen LogP contribution >= 0.6 is 15.9 Å². The smallest absolute Gasteiger partial charge is 0.238 e. The molecule has 1 atom stereocenters. The molecule has 100 valence electrons. The molecule has 5 heteroatoms. The van der Waals surface area contributed by atoms with Gasteiger partial charge in [-0.1, -0.05) is 6.92 Å². The van der Waals surface area contributed by atoms with E-state index in [2.05, 4.69) is 40.4 Å². The molecular weight excluding hydrogens is 296 g/mol. The molecule has 0 saturated heterocycles. The van der Waals surface area contributed by atoms with E-state index in [0.29, 0.717) is 12.6 Å². The second-order valence-corrected chi connectivity index (χ2v) is 4.94. The molecule has 1 rings (SSSR count). The molecule has 1 aromatic rings. The van der Waals surface area contributed by atoms with Gasteiger partial charge in [-0.05, 0) is 47.5 Å². The highest BCUT2D eigenvalue weighted by atomic mass is 79.9. The highest BCUT2D eigenvalue weighted by Gasteiger charge is 2.06. The monoisotopic (exact) mass is 314 g/mol. The fourth-order valence-electron chi connectivity index (χ4n) is 1.36. The van der Waals surface area contributed by atoms with Crippen LogP contribution in [0.25, 0.3) is 0 Å². The van der Waals surface area contributed by atoms with Crippen LogP contribution in [0.1, 0.15) is 20.3 Å². The first-order valence-corrected chi connectivity index (χ1v) is 6.72. The van der Waals surface area contributed by atoms with Crippen molar-refractivity contribution in [3.05, 3.63) is 22.7 Å². The first kappa shape index (κ1) is 15.0. The Balaban J connectivity index is 2.52. The molecule has 0 radical (unpaired) electrons. The Morgan fingerprint density at radius 3 is 2.78 bits per heavy atom. The lowest BCUT2D eigenvalue weighted by atomic mass is 10.2. The zero-order valence-corrected chi connectivity index (χ0v) is 12.5. The van der Waals surface area contributed by atoms with Gasteiger partial charge in [0.2, 0.25) is 5.91 Å². The van der Waals surface area contributed by atoms with Crippen molar-refractivity contribution >= 4 is 27.5 Å². The fraction of sp³-hybridized carbons (Fsp3) is 0.462. The Morgan fingerprint density at radius 2 is 2.22 bits per heavy atom. The SMILES string of the molecule is CCC(C)NCC(=O)Nc1ccc(OC)c(Br)c1. The molecule has 1 unspecified atom stereocenters. The van der Waals surface area contributed by atoms with Crippen LogP contribution in [0, 0.1) is 0 Å². The number of ether oxygens (including phenoxy) is 1. The van der Waals surface area contributed by atoms with E-state index in [1.807, 2.05) is 18.2 Å². The zero-order valence-electron chi connectivity index (χ0n) is 10.9. The minimum Gasteiger partial charge on any atom is -0.496 e. The molecule has 0 saturated carbocycles. The van der Waals surface area contributed by atoms with Crippen LogP contribution in [0.3, 0.4) is 0 Å². The van der Waals surface area contributed by atoms with Gasteiger partial charge < -0.3 is 15.4 Å². The third-order valence-corrected chi connectivity index (χ3v) is 3.28. The number of halogens is 1. The standard InChI is InChI=1S/C13H19BrN2O2/c1-4-9(2)15-8-13(17)16-10-5-6-12(18-3)11(14)7-10/h5-7,9,15H,4,8H2,1-3H3,(H,16,17). The molecule has 18 heavy (non-hydrogen) atoms. The maximum absolute atomic E-state index is 11.7. The van der Waals surface area contributed by atoms with Gasteiger partial charge in [-0.25, -0.2) is 0 Å². The number of hydrogen-bond acceptors (Lipinski definition) is 3. The molecule has 0 heterocycles. The van der Waals surface area contributed by atoms with Gasteiger partial charge in [-0.15, -0.1) is 0 Å². The van der Waals surface area contributed by atoms with E-state index >= 15 is 0 Å². The summed E-state index contributed by atoms with van der Waals surface area (Å²) < 4.78 is 5.94. The Labute approximate surface area is 116 Å². The van der Waals surface area contributed by atoms with Crippen LogP contribution in [0.15, 0.2) is 22.7 Å². The van der Waals surface area contributed by atoms with Gasteiger partial charge in [0.1, 0.15) is 5.75 Å². The summed E-state index contributed by atoms with van der Waals surface area (Å²) in [6.45, 7) is 4.45. The van der Waals surface area contributed by atoms with Crippen molar-refractivity contribution in [2.45, 2.75) is 26.3 Å². The highest BCUT2D eigenvalue weighted by Crippen LogP contribution is 2.27. The second-order valence-electron chi connectivity index (χ2n) is 4.09. The number of anilines is 1. The minimum absolute atomic E-state index is 0.0487. The lowest BCUT2D eigenvalue weighted by Crippen LogP contribution is -2.33. The van der Waals surface area contributed by atoms with Gasteiger partial charge in [-0.3, -0.25) is 4.79 Å². The summed E-state index contributed by atoms with van der Waals surface area (Å²) >= 11 is 3.38. The van der Waals surface area contributed by atoms with Crippen molar-refractivity contribution in [3.8, 4) is 5.75 Å². The Hall–Kier alpha value is -1.07. The van der Waals surface area contributed by atoms with Gasteiger partial charge in [0.25, 0.3) is 0 Å². The molecule has 1 amide bonds. The molecule has 0 aliphatic heterocycles. The fourth-order valence-corrected chi connectivity index (χ4v) is 1.90. The second kappa shape index (κ2) is 7.38. The molecular formula is C13H19BrN2O2. The van der Waals surface area contributed by atoms with Crippen molar-refractivity contribution in [1.82, 2.24) is 5.32 Å². The molecule has 0 aliphatic carbocycles. The van der Waals surface area contributed by atoms with E-state index < -0.39 is 0 Å². The quantitative estimate of drug-likeness (QED) is 0.849. The maximum Gasteiger partial charge on any atom is 0.238 e. The molecule has 0 bridgehead atoms. The third kappa shape index (κ3) is 4.66. The predicted molar refractivity (Wildman–Crippen MR) is 77.1 cm³/mol. The van der Waals surface area contributed by atoms with Crippen molar-refractivity contribution in [1.29, 1.82) is 0 Å². The van der Waals surface area contributed by atoms with Crippen LogP contribution in [-0.4, -0.2) is 25.6 Å². The van der Waals surface area contributed by atoms with Crippen LogP contribution in [0.5, 0.6) is 5.75 Å². The largest absolute Gasteiger partial charge is 0.496 e. The van der Waals surface area contributed by atoms with Gasteiger partial charge in [0.15, 0.2) is 0 Å². The average molecular weight is 315 g/mol. The number of nitrogens with one attached hydrogen (secondary N) is 2. The minimum atomic E-state index is -0.0487. The molecule has 0 fully saturated rings. The Morgan fingerprint density at radius 1 is 1.50 bits per heavy atom. The first-order chi connectivity index (χ1) is 8.56. The topological polar surface area (TPSA) is 50.4 Å². The summed E-state index contributed by atoms with van der Waals surface area (Å²) in [5, 5.41) is 5.97. The first-order valence-electron chi connectivity index (χ1n) is 5.93. The molecule has 1 aromatic carbocycles. The molecule has 4 nitrogen and oxygen atoms in total. The van der Waals surface area contributed by atoms with E-state index in [-0.39, 0.29) is 5.91 Å². The van der Waals surface area contributed by atoms with Crippen LogP contribution in [0.2, 0.25) is 0 Å². The van der Waals surface area contributed by atoms with E-state index in [1.165, 1.54) is 0 Å². The van der Waals surface area contributed by atoms with Crippen molar-refractivity contribution < 1.29 is 9.53 Å². The molecule has 2 N–H and O–H groups in total. The number of benzene rings is 1. The van der Waals surface area contributed by atoms with Crippen molar-refractivity contribution in [2.75, 3.05) is 19.0 Å². The molecule has 0 spiro atoms. The van der Waals surface area contributed by atoms with Gasteiger partial charge in [-0.2, -0.15) is 0 Å².